The predicted molar refractivity (Wildman–Crippen MR) is 86.1 cm³/mol. The quantitative estimate of drug-likeness (QED) is 0.869. The van der Waals surface area contributed by atoms with E-state index < -0.39 is 0 Å². The molecule has 1 amide bonds. The molecule has 1 aromatic heterocycles. The molecule has 23 heavy (non-hydrogen) atoms. The number of benzene rings is 1. The summed E-state index contributed by atoms with van der Waals surface area (Å²) in [6.07, 6.45) is 4.98. The molecule has 4 rings (SSSR count). The van der Waals surface area contributed by atoms with Gasteiger partial charge in [-0.05, 0) is 30.9 Å². The smallest absolute Gasteiger partial charge is 0.288 e. The molecule has 1 aromatic carbocycles. The number of aromatic nitrogens is 2. The molecular weight excluding hydrogens is 292 g/mol. The molecule has 0 radical (unpaired) electrons. The van der Waals surface area contributed by atoms with Crippen molar-refractivity contribution in [2.75, 3.05) is 11.4 Å². The number of nitrogens with zero attached hydrogens (tertiary/aromatic N) is 3. The minimum atomic E-state index is -0.205. The molecule has 1 fully saturated rings. The lowest BCUT2D eigenvalue weighted by Gasteiger charge is -2.28. The zero-order valence-corrected chi connectivity index (χ0v) is 13.1. The maximum atomic E-state index is 12.7. The van der Waals surface area contributed by atoms with E-state index in [1.807, 2.05) is 37.4 Å². The van der Waals surface area contributed by atoms with Crippen LogP contribution in [0.25, 0.3) is 0 Å². The zero-order valence-electron chi connectivity index (χ0n) is 13.1. The Kier molecular flexibility index (Phi) is 3.43. The van der Waals surface area contributed by atoms with E-state index in [0.717, 1.165) is 23.5 Å². The summed E-state index contributed by atoms with van der Waals surface area (Å²) >= 11 is 0. The summed E-state index contributed by atoms with van der Waals surface area (Å²) in [6.45, 7) is -0.0407. The van der Waals surface area contributed by atoms with Gasteiger partial charge in [0.2, 0.25) is 0 Å². The van der Waals surface area contributed by atoms with Crippen LogP contribution in [0, 0.1) is 11.1 Å². The SMILES string of the molecule is Cn1ncc2c1N(c1ccccc1)C(=O)C[NH+]([O-])C2CC1CC1. The predicted octanol–water partition coefficient (Wildman–Crippen LogP) is 1.32. The number of rotatable bonds is 3. The molecule has 2 aromatic rings. The van der Waals surface area contributed by atoms with Crippen LogP contribution in [0.2, 0.25) is 0 Å². The van der Waals surface area contributed by atoms with Crippen LogP contribution in [-0.4, -0.2) is 22.2 Å². The third-order valence-corrected chi connectivity index (χ3v) is 4.77. The van der Waals surface area contributed by atoms with Crippen LogP contribution in [-0.2, 0) is 11.8 Å². The highest BCUT2D eigenvalue weighted by Crippen LogP contribution is 2.40. The largest absolute Gasteiger partial charge is 0.633 e. The molecule has 120 valence electrons. The molecule has 1 aliphatic carbocycles. The van der Waals surface area contributed by atoms with Gasteiger partial charge < -0.3 is 10.3 Å². The number of fused-ring (bicyclic) bond motifs is 1. The molecule has 1 aliphatic heterocycles. The molecule has 1 saturated carbocycles. The van der Waals surface area contributed by atoms with Crippen molar-refractivity contribution in [3.05, 3.63) is 47.3 Å². The lowest BCUT2D eigenvalue weighted by atomic mass is 10.0. The maximum absolute atomic E-state index is 12.7. The van der Waals surface area contributed by atoms with Crippen molar-refractivity contribution in [1.82, 2.24) is 9.78 Å². The van der Waals surface area contributed by atoms with E-state index >= 15 is 0 Å². The van der Waals surface area contributed by atoms with E-state index in [4.69, 9.17) is 0 Å². The first kappa shape index (κ1) is 14.4. The van der Waals surface area contributed by atoms with Crippen LogP contribution in [0.4, 0.5) is 11.5 Å². The van der Waals surface area contributed by atoms with E-state index in [2.05, 4.69) is 5.10 Å². The van der Waals surface area contributed by atoms with E-state index in [1.54, 1.807) is 15.8 Å². The van der Waals surface area contributed by atoms with Crippen molar-refractivity contribution in [1.29, 1.82) is 0 Å². The molecule has 0 saturated heterocycles. The lowest BCUT2D eigenvalue weighted by Crippen LogP contribution is -3.08. The van der Waals surface area contributed by atoms with Gasteiger partial charge in [0.25, 0.3) is 5.91 Å². The molecule has 0 bridgehead atoms. The van der Waals surface area contributed by atoms with Gasteiger partial charge in [0.15, 0.2) is 6.54 Å². The standard InChI is InChI=1S/C17H20N4O2/c1-19-17-14(10-18-19)15(9-12-7-8-12)20(23)11-16(22)21(17)13-5-3-2-4-6-13/h2-6,10,12,15,20H,7-9,11H2,1H3. The van der Waals surface area contributed by atoms with E-state index in [1.165, 1.54) is 12.8 Å². The van der Waals surface area contributed by atoms with Gasteiger partial charge in [0.05, 0.1) is 17.4 Å². The van der Waals surface area contributed by atoms with Crippen LogP contribution in [0.3, 0.4) is 0 Å². The van der Waals surface area contributed by atoms with Crippen LogP contribution in [0.15, 0.2) is 36.5 Å². The summed E-state index contributed by atoms with van der Waals surface area (Å²) < 4.78 is 1.71. The number of aryl methyl sites for hydroxylation is 1. The Morgan fingerprint density at radius 3 is 2.74 bits per heavy atom. The monoisotopic (exact) mass is 312 g/mol. The summed E-state index contributed by atoms with van der Waals surface area (Å²) in [5.74, 6) is 1.18. The number of carbonyl (C=O) groups excluding carboxylic acids is 1. The first-order valence-corrected chi connectivity index (χ1v) is 8.07. The van der Waals surface area contributed by atoms with Gasteiger partial charge in [0.1, 0.15) is 11.9 Å². The van der Waals surface area contributed by atoms with Gasteiger partial charge in [-0.25, -0.2) is 0 Å². The highest BCUT2D eigenvalue weighted by Gasteiger charge is 2.39. The molecule has 0 spiro atoms. The van der Waals surface area contributed by atoms with Gasteiger partial charge in [-0.2, -0.15) is 5.10 Å². The third kappa shape index (κ3) is 2.54. The van der Waals surface area contributed by atoms with Gasteiger partial charge in [0, 0.05) is 13.5 Å². The number of hydrogen-bond donors (Lipinski definition) is 1. The number of nitrogens with one attached hydrogen (secondary N) is 1. The fourth-order valence-corrected chi connectivity index (χ4v) is 3.40. The minimum absolute atomic E-state index is 0.0228. The third-order valence-electron chi connectivity index (χ3n) is 4.77. The summed E-state index contributed by atoms with van der Waals surface area (Å²) in [6, 6.07) is 9.28. The molecule has 6 heteroatoms. The van der Waals surface area contributed by atoms with Crippen molar-refractivity contribution in [3.63, 3.8) is 0 Å². The lowest BCUT2D eigenvalue weighted by molar-refractivity contribution is -0.874. The summed E-state index contributed by atoms with van der Waals surface area (Å²) in [5, 5.41) is 17.0. The summed E-state index contributed by atoms with van der Waals surface area (Å²) in [7, 11) is 1.83. The Labute approximate surface area is 134 Å². The van der Waals surface area contributed by atoms with E-state index in [-0.39, 0.29) is 23.6 Å². The Hall–Kier alpha value is -2.18. The number of quaternary nitrogens is 1. The number of hydroxylamine groups is 2. The molecule has 2 atom stereocenters. The van der Waals surface area contributed by atoms with Gasteiger partial charge in [-0.15, -0.1) is 0 Å². The van der Waals surface area contributed by atoms with Crippen molar-refractivity contribution in [2.24, 2.45) is 13.0 Å². The average molecular weight is 312 g/mol. The molecule has 6 nitrogen and oxygen atoms in total. The first-order chi connectivity index (χ1) is 11.1. The van der Waals surface area contributed by atoms with Crippen LogP contribution in [0.1, 0.15) is 30.9 Å². The van der Waals surface area contributed by atoms with Crippen LogP contribution < -0.4 is 9.96 Å². The maximum Gasteiger partial charge on any atom is 0.288 e. The fraction of sp³-hybridized carbons (Fsp3) is 0.412. The van der Waals surface area contributed by atoms with Crippen LogP contribution >= 0.6 is 0 Å². The van der Waals surface area contributed by atoms with E-state index in [9.17, 15) is 10.0 Å². The first-order valence-electron chi connectivity index (χ1n) is 8.07. The van der Waals surface area contributed by atoms with Gasteiger partial charge >= 0.3 is 0 Å². The Balaban J connectivity index is 1.83. The van der Waals surface area contributed by atoms with Crippen molar-refractivity contribution in [3.8, 4) is 0 Å². The van der Waals surface area contributed by atoms with Gasteiger partial charge in [-0.1, -0.05) is 18.2 Å². The van der Waals surface area contributed by atoms with Crippen LogP contribution in [0.5, 0.6) is 0 Å². The Bertz CT molecular complexity index is 723. The highest BCUT2D eigenvalue weighted by atomic mass is 16.5. The number of hydrogen-bond acceptors (Lipinski definition) is 3. The van der Waals surface area contributed by atoms with E-state index in [0.29, 0.717) is 5.92 Å². The second-order valence-corrected chi connectivity index (χ2v) is 6.49. The number of carbonyl (C=O) groups is 1. The zero-order chi connectivity index (χ0) is 16.0. The number of amides is 1. The summed E-state index contributed by atoms with van der Waals surface area (Å²) in [4.78, 5) is 14.4. The number of anilines is 2. The van der Waals surface area contributed by atoms with Crippen molar-refractivity contribution in [2.45, 2.75) is 25.3 Å². The highest BCUT2D eigenvalue weighted by molar-refractivity contribution is 6.01. The topological polar surface area (TPSA) is 65.6 Å². The molecule has 2 unspecified atom stereocenters. The molecular formula is C17H20N4O2. The van der Waals surface area contributed by atoms with Crippen molar-refractivity contribution < 1.29 is 9.86 Å². The molecule has 1 N–H and O–H groups in total. The number of para-hydroxylation sites is 1. The molecule has 2 aliphatic rings. The second-order valence-electron chi connectivity index (χ2n) is 6.49. The Morgan fingerprint density at radius 2 is 2.04 bits per heavy atom. The summed E-state index contributed by atoms with van der Waals surface area (Å²) in [5.41, 5.74) is 1.67. The fourth-order valence-electron chi connectivity index (χ4n) is 3.40. The second kappa shape index (κ2) is 5.47. The Morgan fingerprint density at radius 1 is 1.30 bits per heavy atom. The molecule has 2 heterocycles. The van der Waals surface area contributed by atoms with Gasteiger partial charge in [-0.3, -0.25) is 14.4 Å². The van der Waals surface area contributed by atoms with Crippen molar-refractivity contribution >= 4 is 17.4 Å². The average Bonchev–Trinajstić information content (AvgIpc) is 3.31. The normalized spacial score (nSPS) is 24.4. The minimum Gasteiger partial charge on any atom is -0.633 e.